The zero-order chi connectivity index (χ0) is 30.8. The number of para-hydroxylation sites is 2. The minimum atomic E-state index is -0.708. The van der Waals surface area contributed by atoms with E-state index in [9.17, 15) is 19.5 Å². The smallest absolute Gasteiger partial charge is 0.288 e. The first-order valence-electron chi connectivity index (χ1n) is 15.5. The molecule has 3 atom stereocenters. The summed E-state index contributed by atoms with van der Waals surface area (Å²) in [6, 6.07) is 17.6. The molecule has 3 aliphatic rings. The van der Waals surface area contributed by atoms with Gasteiger partial charge in [0.05, 0.1) is 12.2 Å². The molecule has 2 amide bonds. The summed E-state index contributed by atoms with van der Waals surface area (Å²) in [7, 11) is 0. The fourth-order valence-corrected chi connectivity index (χ4v) is 7.11. The number of hydrogen-bond acceptors (Lipinski definition) is 7. The molecule has 3 aromatic rings. The Morgan fingerprint density at radius 3 is 2.52 bits per heavy atom. The summed E-state index contributed by atoms with van der Waals surface area (Å²) in [5.74, 6) is -0.615. The van der Waals surface area contributed by atoms with Gasteiger partial charge in [0.25, 0.3) is 5.91 Å². The van der Waals surface area contributed by atoms with Gasteiger partial charge in [0.1, 0.15) is 5.54 Å². The van der Waals surface area contributed by atoms with Gasteiger partial charge < -0.3 is 29.7 Å². The molecule has 2 aromatic carbocycles. The van der Waals surface area contributed by atoms with Crippen LogP contribution in [0.15, 0.2) is 72.6 Å². The molecular formula is C34H40N4O6. The van der Waals surface area contributed by atoms with Crippen molar-refractivity contribution < 1.29 is 29.0 Å². The summed E-state index contributed by atoms with van der Waals surface area (Å²) in [6.45, 7) is 5.07. The van der Waals surface area contributed by atoms with E-state index in [4.69, 9.17) is 9.47 Å². The van der Waals surface area contributed by atoms with Crippen LogP contribution in [0.1, 0.15) is 55.8 Å². The lowest BCUT2D eigenvalue weighted by Gasteiger charge is -2.44. The molecule has 0 aliphatic carbocycles. The summed E-state index contributed by atoms with van der Waals surface area (Å²) in [4.78, 5) is 43.7. The average Bonchev–Trinajstić information content (AvgIpc) is 3.59. The number of benzene rings is 2. The topological polar surface area (TPSA) is 113 Å². The minimum absolute atomic E-state index is 0.00774. The Morgan fingerprint density at radius 1 is 1.09 bits per heavy atom. The predicted molar refractivity (Wildman–Crippen MR) is 166 cm³/mol. The third-order valence-electron chi connectivity index (χ3n) is 9.35. The van der Waals surface area contributed by atoms with Crippen LogP contribution in [0.4, 0.5) is 5.69 Å². The number of nitrogens with one attached hydrogen (secondary N) is 1. The fourth-order valence-electron chi connectivity index (χ4n) is 7.11. The number of aliphatic hydroxyl groups is 1. The van der Waals surface area contributed by atoms with E-state index in [2.05, 4.69) is 10.2 Å². The quantitative estimate of drug-likeness (QED) is 0.402. The van der Waals surface area contributed by atoms with Crippen LogP contribution in [-0.4, -0.2) is 77.1 Å². The second-order valence-electron chi connectivity index (χ2n) is 11.8. The summed E-state index contributed by atoms with van der Waals surface area (Å²) in [5, 5.41) is 13.6. The maximum Gasteiger partial charge on any atom is 0.288 e. The zero-order valence-corrected chi connectivity index (χ0v) is 25.3. The average molecular weight is 601 g/mol. The largest absolute Gasteiger partial charge is 0.459 e. The van der Waals surface area contributed by atoms with E-state index in [1.807, 2.05) is 73.8 Å². The van der Waals surface area contributed by atoms with Crippen molar-refractivity contribution in [2.24, 2.45) is 5.92 Å². The van der Waals surface area contributed by atoms with Crippen molar-refractivity contribution in [1.82, 2.24) is 14.8 Å². The first-order valence-corrected chi connectivity index (χ1v) is 15.5. The second-order valence-corrected chi connectivity index (χ2v) is 11.8. The number of fused-ring (bicyclic) bond motifs is 1. The maximum atomic E-state index is 14.1. The van der Waals surface area contributed by atoms with Crippen LogP contribution >= 0.6 is 0 Å². The number of likely N-dealkylation sites (tertiary alicyclic amines) is 1. The minimum Gasteiger partial charge on any atom is -0.459 e. The van der Waals surface area contributed by atoms with Gasteiger partial charge in [-0.3, -0.25) is 19.0 Å². The highest BCUT2D eigenvalue weighted by molar-refractivity contribution is 5.96. The summed E-state index contributed by atoms with van der Waals surface area (Å²) in [5.41, 5.74) is 1.98. The number of aliphatic hydroxyl groups excluding tert-OH is 1. The van der Waals surface area contributed by atoms with E-state index in [0.29, 0.717) is 52.0 Å². The molecule has 232 valence electrons. The lowest BCUT2D eigenvalue weighted by molar-refractivity contribution is -0.171. The molecule has 1 spiro atoms. The lowest BCUT2D eigenvalue weighted by atomic mass is 9.80. The molecular weight excluding hydrogens is 560 g/mol. The number of ether oxygens (including phenoxy) is 2. The van der Waals surface area contributed by atoms with Crippen molar-refractivity contribution in [2.75, 3.05) is 37.9 Å². The SMILES string of the molecule is CCO[C@@H]1OC(C(=O)N2CCC3(CC2)C(=O)NCN3c2ccccc2)=C[C@H](c2cn(C(C)=O)c3ccccc23)[C@@H]1CCCO. The molecule has 0 bridgehead atoms. The number of hydrogen-bond donors (Lipinski definition) is 2. The van der Waals surface area contributed by atoms with Gasteiger partial charge in [-0.1, -0.05) is 36.4 Å². The van der Waals surface area contributed by atoms with E-state index in [1.165, 1.54) is 6.92 Å². The van der Waals surface area contributed by atoms with Crippen molar-refractivity contribution in [2.45, 2.75) is 57.3 Å². The van der Waals surface area contributed by atoms with Gasteiger partial charge in [-0.05, 0) is 62.4 Å². The number of allylic oxidation sites excluding steroid dienone is 1. The van der Waals surface area contributed by atoms with E-state index >= 15 is 0 Å². The molecule has 0 saturated carbocycles. The van der Waals surface area contributed by atoms with Gasteiger partial charge in [-0.2, -0.15) is 0 Å². The molecule has 10 heteroatoms. The Hall–Kier alpha value is -4.15. The lowest BCUT2D eigenvalue weighted by Crippen LogP contribution is -2.57. The molecule has 0 radical (unpaired) electrons. The standard InChI is InChI=1S/C34H40N4O6/c1-3-43-32-26(13-9-19-39)27(28-21-37(23(2)40)29-14-8-7-12-25(28)29)20-30(44-32)31(41)36-17-15-34(16-18-36)33(42)35-22-38(34)24-10-5-4-6-11-24/h4-8,10-12,14,20-21,26-27,32,39H,3,9,13,15-19,22H2,1-2H3,(H,35,42)/t26-,27-,32+/m0/s1. The van der Waals surface area contributed by atoms with Crippen LogP contribution in [0.5, 0.6) is 0 Å². The number of carbonyl (C=O) groups excluding carboxylic acids is 3. The van der Waals surface area contributed by atoms with Gasteiger partial charge in [0, 0.05) is 62.3 Å². The van der Waals surface area contributed by atoms with Gasteiger partial charge >= 0.3 is 0 Å². The van der Waals surface area contributed by atoms with Crippen LogP contribution in [0.2, 0.25) is 0 Å². The Kier molecular flexibility index (Phi) is 8.46. The summed E-state index contributed by atoms with van der Waals surface area (Å²) in [6.07, 6.45) is 5.18. The molecule has 3 aliphatic heterocycles. The number of amides is 2. The third kappa shape index (κ3) is 5.26. The van der Waals surface area contributed by atoms with Crippen LogP contribution in [0.3, 0.4) is 0 Å². The first-order chi connectivity index (χ1) is 21.4. The van der Waals surface area contributed by atoms with E-state index < -0.39 is 11.8 Å². The molecule has 2 fully saturated rings. The molecule has 10 nitrogen and oxygen atoms in total. The number of nitrogens with zero attached hydrogens (tertiary/aromatic N) is 3. The molecule has 4 heterocycles. The van der Waals surface area contributed by atoms with Gasteiger partial charge in [0.2, 0.25) is 18.1 Å². The first kappa shape index (κ1) is 29.9. The third-order valence-corrected chi connectivity index (χ3v) is 9.35. The molecule has 44 heavy (non-hydrogen) atoms. The van der Waals surface area contributed by atoms with Crippen LogP contribution in [0.25, 0.3) is 10.9 Å². The van der Waals surface area contributed by atoms with E-state index in [0.717, 1.165) is 22.2 Å². The molecule has 1 aromatic heterocycles. The van der Waals surface area contributed by atoms with Crippen molar-refractivity contribution in [1.29, 1.82) is 0 Å². The number of aromatic nitrogens is 1. The van der Waals surface area contributed by atoms with Gasteiger partial charge in [-0.25, -0.2) is 0 Å². The highest BCUT2D eigenvalue weighted by Crippen LogP contribution is 2.43. The highest BCUT2D eigenvalue weighted by Gasteiger charge is 2.51. The van der Waals surface area contributed by atoms with Crippen molar-refractivity contribution in [3.05, 3.63) is 78.2 Å². The van der Waals surface area contributed by atoms with Gasteiger partial charge in [-0.15, -0.1) is 0 Å². The summed E-state index contributed by atoms with van der Waals surface area (Å²) < 4.78 is 14.0. The Labute approximate surface area is 257 Å². The molecule has 6 rings (SSSR count). The van der Waals surface area contributed by atoms with Crippen LogP contribution in [-0.2, 0) is 19.1 Å². The van der Waals surface area contributed by atoms with Crippen LogP contribution < -0.4 is 10.2 Å². The Balaban J connectivity index is 1.31. The zero-order valence-electron chi connectivity index (χ0n) is 25.3. The summed E-state index contributed by atoms with van der Waals surface area (Å²) >= 11 is 0. The van der Waals surface area contributed by atoms with Crippen molar-refractivity contribution in [3.8, 4) is 0 Å². The van der Waals surface area contributed by atoms with Crippen molar-refractivity contribution >= 4 is 34.3 Å². The Morgan fingerprint density at radius 2 is 1.82 bits per heavy atom. The highest BCUT2D eigenvalue weighted by atomic mass is 16.7. The van der Waals surface area contributed by atoms with Gasteiger partial charge in [0.15, 0.2) is 5.76 Å². The van der Waals surface area contributed by atoms with Crippen molar-refractivity contribution in [3.63, 3.8) is 0 Å². The fraction of sp³-hybridized carbons (Fsp3) is 0.441. The van der Waals surface area contributed by atoms with Crippen LogP contribution in [0, 0.1) is 5.92 Å². The predicted octanol–water partition coefficient (Wildman–Crippen LogP) is 4.01. The number of rotatable bonds is 8. The number of carbonyl (C=O) groups is 3. The molecule has 2 N–H and O–H groups in total. The molecule has 0 unspecified atom stereocenters. The number of anilines is 1. The number of piperidine rings is 1. The maximum absolute atomic E-state index is 14.1. The Bertz CT molecular complexity index is 1560. The van der Waals surface area contributed by atoms with E-state index in [1.54, 1.807) is 9.47 Å². The second kappa shape index (κ2) is 12.5. The van der Waals surface area contributed by atoms with E-state index in [-0.39, 0.29) is 41.9 Å². The monoisotopic (exact) mass is 600 g/mol. The molecule has 2 saturated heterocycles. The normalized spacial score (nSPS) is 23.0.